The second-order valence-electron chi connectivity index (χ2n) is 1.81. The molecule has 2 N–H and O–H groups in total. The third-order valence-electron chi connectivity index (χ3n) is 0.909. The molecule has 3 heteroatoms. The quantitative estimate of drug-likeness (QED) is 0.550. The summed E-state index contributed by atoms with van der Waals surface area (Å²) in [7, 11) is 0. The van der Waals surface area contributed by atoms with Crippen LogP contribution >= 0.6 is 0 Å². The Morgan fingerprint density at radius 1 is 1.56 bits per heavy atom. The summed E-state index contributed by atoms with van der Waals surface area (Å²) in [5.74, 6) is 0.708. The molecule has 0 aliphatic heterocycles. The SMILES string of the molecule is Cc1cc(=O)cc(N)o1. The molecule has 0 saturated heterocycles. The maximum absolute atomic E-state index is 10.6. The van der Waals surface area contributed by atoms with Crippen molar-refractivity contribution in [1.29, 1.82) is 0 Å². The number of nitrogen functional groups attached to an aromatic ring is 1. The monoisotopic (exact) mass is 125 g/mol. The highest BCUT2D eigenvalue weighted by atomic mass is 16.3. The Labute approximate surface area is 52.1 Å². The first-order valence-corrected chi connectivity index (χ1v) is 2.56. The molecule has 48 valence electrons. The van der Waals surface area contributed by atoms with Crippen LogP contribution in [0.4, 0.5) is 5.88 Å². The highest BCUT2D eigenvalue weighted by molar-refractivity contribution is 5.22. The van der Waals surface area contributed by atoms with Crippen LogP contribution in [-0.2, 0) is 0 Å². The molecule has 1 aromatic heterocycles. The number of nitrogens with two attached hydrogens (primary N) is 1. The Hall–Kier alpha value is -1.25. The number of hydrogen-bond acceptors (Lipinski definition) is 3. The highest BCUT2D eigenvalue weighted by Gasteiger charge is 1.90. The number of aryl methyl sites for hydroxylation is 1. The first-order valence-electron chi connectivity index (χ1n) is 2.56. The van der Waals surface area contributed by atoms with Gasteiger partial charge in [0.25, 0.3) is 0 Å². The van der Waals surface area contributed by atoms with Crippen LogP contribution in [0.15, 0.2) is 21.3 Å². The lowest BCUT2D eigenvalue weighted by atomic mass is 10.4. The summed E-state index contributed by atoms with van der Waals surface area (Å²) in [5.41, 5.74) is 5.08. The zero-order valence-corrected chi connectivity index (χ0v) is 5.05. The summed E-state index contributed by atoms with van der Waals surface area (Å²) in [6.45, 7) is 1.68. The van der Waals surface area contributed by atoms with Crippen molar-refractivity contribution in [3.8, 4) is 0 Å². The summed E-state index contributed by atoms with van der Waals surface area (Å²) < 4.78 is 4.84. The minimum absolute atomic E-state index is 0.115. The molecule has 3 nitrogen and oxygen atoms in total. The zero-order valence-electron chi connectivity index (χ0n) is 5.05. The van der Waals surface area contributed by atoms with Gasteiger partial charge in [-0.1, -0.05) is 0 Å². The van der Waals surface area contributed by atoms with E-state index in [9.17, 15) is 4.79 Å². The molecule has 0 atom stereocenters. The summed E-state index contributed by atoms with van der Waals surface area (Å²) in [6, 6.07) is 2.63. The van der Waals surface area contributed by atoms with E-state index in [1.807, 2.05) is 0 Å². The van der Waals surface area contributed by atoms with Gasteiger partial charge in [0.1, 0.15) is 5.76 Å². The maximum Gasteiger partial charge on any atom is 0.194 e. The lowest BCUT2D eigenvalue weighted by Crippen LogP contribution is -1.99. The van der Waals surface area contributed by atoms with Crippen molar-refractivity contribution in [2.24, 2.45) is 0 Å². The molecule has 0 aliphatic carbocycles. The number of anilines is 1. The van der Waals surface area contributed by atoms with Crippen molar-refractivity contribution >= 4 is 5.88 Å². The van der Waals surface area contributed by atoms with Crippen LogP contribution in [0.3, 0.4) is 0 Å². The fraction of sp³-hybridized carbons (Fsp3) is 0.167. The van der Waals surface area contributed by atoms with Crippen molar-refractivity contribution in [2.75, 3.05) is 5.73 Å². The summed E-state index contributed by atoms with van der Waals surface area (Å²) in [5, 5.41) is 0. The minimum atomic E-state index is -0.115. The fourth-order valence-electron chi connectivity index (χ4n) is 0.627. The van der Waals surface area contributed by atoms with Gasteiger partial charge in [-0.3, -0.25) is 4.79 Å². The van der Waals surface area contributed by atoms with Gasteiger partial charge >= 0.3 is 0 Å². The van der Waals surface area contributed by atoms with Gasteiger partial charge < -0.3 is 10.2 Å². The van der Waals surface area contributed by atoms with Crippen LogP contribution < -0.4 is 11.2 Å². The zero-order chi connectivity index (χ0) is 6.85. The van der Waals surface area contributed by atoms with E-state index in [1.165, 1.54) is 12.1 Å². The van der Waals surface area contributed by atoms with E-state index in [1.54, 1.807) is 6.92 Å². The average Bonchev–Trinajstić information content (AvgIpc) is 1.59. The van der Waals surface area contributed by atoms with Gasteiger partial charge in [0.15, 0.2) is 11.3 Å². The van der Waals surface area contributed by atoms with Crippen molar-refractivity contribution < 1.29 is 4.42 Å². The summed E-state index contributed by atoms with van der Waals surface area (Å²) in [6.07, 6.45) is 0. The lowest BCUT2D eigenvalue weighted by molar-refractivity contribution is 0.535. The summed E-state index contributed by atoms with van der Waals surface area (Å²) >= 11 is 0. The average molecular weight is 125 g/mol. The molecule has 0 fully saturated rings. The maximum atomic E-state index is 10.6. The van der Waals surface area contributed by atoms with E-state index < -0.39 is 0 Å². The van der Waals surface area contributed by atoms with Crippen molar-refractivity contribution in [1.82, 2.24) is 0 Å². The van der Waals surface area contributed by atoms with Crippen LogP contribution in [-0.4, -0.2) is 0 Å². The Kier molecular flexibility index (Phi) is 1.26. The summed E-state index contributed by atoms with van der Waals surface area (Å²) in [4.78, 5) is 10.6. The molecule has 0 unspecified atom stereocenters. The molecule has 0 spiro atoms. The lowest BCUT2D eigenvalue weighted by Gasteiger charge is -1.91. The Morgan fingerprint density at radius 2 is 2.22 bits per heavy atom. The second-order valence-corrected chi connectivity index (χ2v) is 1.81. The van der Waals surface area contributed by atoms with Gasteiger partial charge in [0, 0.05) is 12.1 Å². The molecular formula is C6H7NO2. The van der Waals surface area contributed by atoms with Gasteiger partial charge in [-0.15, -0.1) is 0 Å². The Bertz CT molecular complexity index is 241. The predicted molar refractivity (Wildman–Crippen MR) is 34.1 cm³/mol. The Morgan fingerprint density at radius 3 is 2.67 bits per heavy atom. The molecule has 0 aliphatic rings. The Balaban J connectivity index is 3.33. The normalized spacial score (nSPS) is 9.44. The third kappa shape index (κ3) is 1.32. The first-order chi connectivity index (χ1) is 4.18. The van der Waals surface area contributed by atoms with Crippen LogP contribution in [0, 0.1) is 6.92 Å². The van der Waals surface area contributed by atoms with Crippen LogP contribution in [0.25, 0.3) is 0 Å². The predicted octanol–water partition coefficient (Wildman–Crippen LogP) is 0.530. The van der Waals surface area contributed by atoms with Crippen molar-refractivity contribution in [3.05, 3.63) is 28.1 Å². The van der Waals surface area contributed by atoms with E-state index >= 15 is 0 Å². The molecule has 0 saturated carbocycles. The molecule has 1 heterocycles. The van der Waals surface area contributed by atoms with Gasteiger partial charge in [-0.25, -0.2) is 0 Å². The first kappa shape index (κ1) is 5.88. The van der Waals surface area contributed by atoms with E-state index in [-0.39, 0.29) is 11.3 Å². The van der Waals surface area contributed by atoms with Crippen molar-refractivity contribution in [2.45, 2.75) is 6.92 Å². The molecule has 9 heavy (non-hydrogen) atoms. The number of rotatable bonds is 0. The smallest absolute Gasteiger partial charge is 0.194 e. The number of hydrogen-bond donors (Lipinski definition) is 1. The van der Waals surface area contributed by atoms with Crippen molar-refractivity contribution in [3.63, 3.8) is 0 Å². The largest absolute Gasteiger partial charge is 0.446 e. The molecular weight excluding hydrogens is 118 g/mol. The van der Waals surface area contributed by atoms with E-state index in [0.717, 1.165) is 0 Å². The molecule has 0 bridgehead atoms. The third-order valence-corrected chi connectivity index (χ3v) is 0.909. The molecule has 1 rings (SSSR count). The minimum Gasteiger partial charge on any atom is -0.446 e. The van der Waals surface area contributed by atoms with Crippen LogP contribution in [0.2, 0.25) is 0 Å². The van der Waals surface area contributed by atoms with Crippen LogP contribution in [0.1, 0.15) is 5.76 Å². The topological polar surface area (TPSA) is 56.2 Å². The fourth-order valence-corrected chi connectivity index (χ4v) is 0.627. The molecule has 0 aromatic carbocycles. The van der Waals surface area contributed by atoms with Gasteiger partial charge in [0.2, 0.25) is 0 Å². The van der Waals surface area contributed by atoms with E-state index in [0.29, 0.717) is 5.76 Å². The van der Waals surface area contributed by atoms with Gasteiger partial charge in [0.05, 0.1) is 0 Å². The highest BCUT2D eigenvalue weighted by Crippen LogP contribution is 1.98. The molecule has 0 amide bonds. The van der Waals surface area contributed by atoms with Gasteiger partial charge in [-0.2, -0.15) is 0 Å². The second kappa shape index (κ2) is 1.93. The molecule has 1 aromatic rings. The van der Waals surface area contributed by atoms with Gasteiger partial charge in [-0.05, 0) is 6.92 Å². The van der Waals surface area contributed by atoms with E-state index in [2.05, 4.69) is 0 Å². The molecule has 0 radical (unpaired) electrons. The van der Waals surface area contributed by atoms with Crippen LogP contribution in [0.5, 0.6) is 0 Å². The standard InChI is InChI=1S/C6H7NO2/c1-4-2-5(8)3-6(7)9-4/h2-3H,7H2,1H3. The van der Waals surface area contributed by atoms with E-state index in [4.69, 9.17) is 10.2 Å².